The summed E-state index contributed by atoms with van der Waals surface area (Å²) in [6, 6.07) is 5.11. The summed E-state index contributed by atoms with van der Waals surface area (Å²) in [7, 11) is 3.18. The zero-order valence-electron chi connectivity index (χ0n) is 16.6. The minimum atomic E-state index is -0.547. The van der Waals surface area contributed by atoms with Crippen molar-refractivity contribution in [2.24, 2.45) is 0 Å². The van der Waals surface area contributed by atoms with E-state index in [0.717, 1.165) is 5.56 Å². The fourth-order valence-corrected chi connectivity index (χ4v) is 3.35. The van der Waals surface area contributed by atoms with Crippen molar-refractivity contribution in [3.05, 3.63) is 49.1 Å². The highest BCUT2D eigenvalue weighted by Crippen LogP contribution is 2.32. The van der Waals surface area contributed by atoms with E-state index in [1.165, 1.54) is 0 Å². The Morgan fingerprint density at radius 2 is 2.00 bits per heavy atom. The maximum absolute atomic E-state index is 12.7. The summed E-state index contributed by atoms with van der Waals surface area (Å²) in [5, 5.41) is 2.86. The van der Waals surface area contributed by atoms with Crippen molar-refractivity contribution in [2.75, 3.05) is 40.4 Å². The predicted octanol–water partition coefficient (Wildman–Crippen LogP) is 1.59. The second-order valence-electron chi connectivity index (χ2n) is 6.51. The van der Waals surface area contributed by atoms with E-state index >= 15 is 0 Å². The van der Waals surface area contributed by atoms with E-state index in [-0.39, 0.29) is 18.2 Å². The van der Waals surface area contributed by atoms with Crippen LogP contribution in [0.5, 0.6) is 11.5 Å². The van der Waals surface area contributed by atoms with Gasteiger partial charge < -0.3 is 19.7 Å². The Balaban J connectivity index is 2.20. The van der Waals surface area contributed by atoms with Gasteiger partial charge in [0.15, 0.2) is 11.5 Å². The van der Waals surface area contributed by atoms with Gasteiger partial charge in [0.25, 0.3) is 0 Å². The molecule has 0 saturated carbocycles. The van der Waals surface area contributed by atoms with E-state index in [1.54, 1.807) is 31.3 Å². The first-order valence-electron chi connectivity index (χ1n) is 9.26. The van der Waals surface area contributed by atoms with Crippen molar-refractivity contribution in [3.63, 3.8) is 0 Å². The minimum Gasteiger partial charge on any atom is -0.493 e. The van der Waals surface area contributed by atoms with Gasteiger partial charge in [-0.15, -0.1) is 13.2 Å². The number of benzene rings is 1. The van der Waals surface area contributed by atoms with Crippen molar-refractivity contribution in [3.8, 4) is 11.5 Å². The number of carbonyl (C=O) groups is 2. The van der Waals surface area contributed by atoms with Gasteiger partial charge in [-0.3, -0.25) is 14.5 Å². The molecular formula is C21H29N3O4. The number of para-hydroxylation sites is 1. The van der Waals surface area contributed by atoms with Gasteiger partial charge >= 0.3 is 0 Å². The van der Waals surface area contributed by atoms with Crippen LogP contribution in [-0.2, 0) is 16.1 Å². The Morgan fingerprint density at radius 3 is 2.61 bits per heavy atom. The molecule has 1 aliphatic rings. The maximum Gasteiger partial charge on any atom is 0.237 e. The smallest absolute Gasteiger partial charge is 0.237 e. The van der Waals surface area contributed by atoms with Gasteiger partial charge in [-0.2, -0.15) is 0 Å². The Kier molecular flexibility index (Phi) is 8.07. The molecule has 1 aromatic carbocycles. The molecule has 1 saturated heterocycles. The fourth-order valence-electron chi connectivity index (χ4n) is 3.35. The standard InChI is InChI=1S/C21H29N3O4/c1-5-11-23(12-6-2)19(25)14-17-21(26)22-10-13-24(17)15-16-8-7-9-18(27-3)20(16)28-4/h5-9,17H,1-2,10-15H2,3-4H3,(H,22,26)/t17-/m0/s1. The minimum absolute atomic E-state index is 0.0970. The van der Waals surface area contributed by atoms with Gasteiger partial charge in [-0.05, 0) is 6.07 Å². The highest BCUT2D eigenvalue weighted by Gasteiger charge is 2.33. The van der Waals surface area contributed by atoms with Crippen LogP contribution in [0.15, 0.2) is 43.5 Å². The lowest BCUT2D eigenvalue weighted by molar-refractivity contribution is -0.138. The molecule has 1 aliphatic heterocycles. The SMILES string of the molecule is C=CCN(CC=C)C(=O)C[C@H]1C(=O)NCCN1Cc1cccc(OC)c1OC. The lowest BCUT2D eigenvalue weighted by atomic mass is 10.1. The van der Waals surface area contributed by atoms with Gasteiger partial charge in [-0.1, -0.05) is 24.3 Å². The Morgan fingerprint density at radius 1 is 1.29 bits per heavy atom. The second-order valence-corrected chi connectivity index (χ2v) is 6.51. The van der Waals surface area contributed by atoms with Crippen LogP contribution in [0, 0.1) is 0 Å². The number of rotatable bonds is 10. The van der Waals surface area contributed by atoms with Gasteiger partial charge in [0.2, 0.25) is 11.8 Å². The topological polar surface area (TPSA) is 71.1 Å². The van der Waals surface area contributed by atoms with E-state index < -0.39 is 6.04 Å². The van der Waals surface area contributed by atoms with E-state index in [1.807, 2.05) is 23.1 Å². The highest BCUT2D eigenvalue weighted by molar-refractivity contribution is 5.89. The van der Waals surface area contributed by atoms with Crippen LogP contribution in [0.4, 0.5) is 0 Å². The molecule has 1 atom stereocenters. The summed E-state index contributed by atoms with van der Waals surface area (Å²) in [6.07, 6.45) is 3.43. The van der Waals surface area contributed by atoms with Crippen LogP contribution in [0.25, 0.3) is 0 Å². The van der Waals surface area contributed by atoms with Crippen LogP contribution in [0.3, 0.4) is 0 Å². The van der Waals surface area contributed by atoms with Crippen molar-refractivity contribution in [1.82, 2.24) is 15.1 Å². The summed E-state index contributed by atoms with van der Waals surface area (Å²) < 4.78 is 10.9. The first-order valence-corrected chi connectivity index (χ1v) is 9.26. The number of nitrogens with one attached hydrogen (secondary N) is 1. The van der Waals surface area contributed by atoms with Crippen LogP contribution >= 0.6 is 0 Å². The Bertz CT molecular complexity index is 710. The molecule has 2 rings (SSSR count). The molecule has 1 N–H and O–H groups in total. The Labute approximate surface area is 166 Å². The number of nitrogens with zero attached hydrogens (tertiary/aromatic N) is 2. The third-order valence-corrected chi connectivity index (χ3v) is 4.72. The number of ether oxygens (including phenoxy) is 2. The third-order valence-electron chi connectivity index (χ3n) is 4.72. The first-order chi connectivity index (χ1) is 13.5. The van der Waals surface area contributed by atoms with Crippen LogP contribution in [-0.4, -0.2) is 68.1 Å². The summed E-state index contributed by atoms with van der Waals surface area (Å²) in [4.78, 5) is 28.9. The van der Waals surface area contributed by atoms with Gasteiger partial charge in [0.1, 0.15) is 0 Å². The molecule has 1 fully saturated rings. The number of amides is 2. The molecule has 0 bridgehead atoms. The van der Waals surface area contributed by atoms with Crippen molar-refractivity contribution in [1.29, 1.82) is 0 Å². The quantitative estimate of drug-likeness (QED) is 0.618. The van der Waals surface area contributed by atoms with Gasteiger partial charge in [0, 0.05) is 38.3 Å². The summed E-state index contributed by atoms with van der Waals surface area (Å²) in [5.74, 6) is 1.03. The third kappa shape index (κ3) is 5.13. The van der Waals surface area contributed by atoms with Crippen LogP contribution in [0.1, 0.15) is 12.0 Å². The summed E-state index contributed by atoms with van der Waals surface area (Å²) >= 11 is 0. The van der Waals surface area contributed by atoms with Crippen LogP contribution < -0.4 is 14.8 Å². The first kappa shape index (κ1) is 21.5. The molecule has 0 aromatic heterocycles. The van der Waals surface area contributed by atoms with E-state index in [0.29, 0.717) is 44.2 Å². The normalized spacial score (nSPS) is 16.8. The molecule has 0 radical (unpaired) electrons. The molecule has 0 unspecified atom stereocenters. The summed E-state index contributed by atoms with van der Waals surface area (Å²) in [5.41, 5.74) is 0.906. The van der Waals surface area contributed by atoms with E-state index in [9.17, 15) is 9.59 Å². The molecule has 28 heavy (non-hydrogen) atoms. The molecule has 7 nitrogen and oxygen atoms in total. The average Bonchev–Trinajstić information content (AvgIpc) is 2.70. The fraction of sp³-hybridized carbons (Fsp3) is 0.429. The lowest BCUT2D eigenvalue weighted by Gasteiger charge is -2.36. The highest BCUT2D eigenvalue weighted by atomic mass is 16.5. The van der Waals surface area contributed by atoms with Gasteiger partial charge in [0.05, 0.1) is 26.7 Å². The molecule has 0 aliphatic carbocycles. The molecule has 1 heterocycles. The average molecular weight is 387 g/mol. The maximum atomic E-state index is 12.7. The zero-order chi connectivity index (χ0) is 20.5. The van der Waals surface area contributed by atoms with E-state index in [2.05, 4.69) is 18.5 Å². The van der Waals surface area contributed by atoms with Crippen molar-refractivity contribution >= 4 is 11.8 Å². The Hall–Kier alpha value is -2.80. The number of carbonyl (C=O) groups excluding carboxylic acids is 2. The van der Waals surface area contributed by atoms with Crippen molar-refractivity contribution < 1.29 is 19.1 Å². The number of hydrogen-bond donors (Lipinski definition) is 1. The lowest BCUT2D eigenvalue weighted by Crippen LogP contribution is -2.56. The van der Waals surface area contributed by atoms with E-state index in [4.69, 9.17) is 9.47 Å². The molecule has 152 valence electrons. The number of piperazine rings is 1. The number of methoxy groups -OCH3 is 2. The molecule has 2 amide bonds. The second kappa shape index (κ2) is 10.5. The monoisotopic (exact) mass is 387 g/mol. The zero-order valence-corrected chi connectivity index (χ0v) is 16.6. The molecule has 0 spiro atoms. The van der Waals surface area contributed by atoms with Crippen LogP contribution in [0.2, 0.25) is 0 Å². The van der Waals surface area contributed by atoms with Crippen molar-refractivity contribution in [2.45, 2.75) is 19.0 Å². The summed E-state index contributed by atoms with van der Waals surface area (Å²) in [6.45, 7) is 9.89. The molecule has 7 heteroatoms. The molecular weight excluding hydrogens is 358 g/mol. The van der Waals surface area contributed by atoms with Gasteiger partial charge in [-0.25, -0.2) is 0 Å². The largest absolute Gasteiger partial charge is 0.493 e. The molecule has 1 aromatic rings. The number of hydrogen-bond acceptors (Lipinski definition) is 5. The predicted molar refractivity (Wildman–Crippen MR) is 108 cm³/mol.